The van der Waals surface area contributed by atoms with E-state index < -0.39 is 22.3 Å². The topological polar surface area (TPSA) is 119 Å². The van der Waals surface area contributed by atoms with Crippen molar-refractivity contribution in [1.29, 1.82) is 0 Å². The lowest BCUT2D eigenvalue weighted by molar-refractivity contribution is -0.385. The van der Waals surface area contributed by atoms with Crippen LogP contribution < -0.4 is 10.1 Å². The second-order valence-corrected chi connectivity index (χ2v) is 6.09. The summed E-state index contributed by atoms with van der Waals surface area (Å²) in [4.78, 5) is 34.3. The van der Waals surface area contributed by atoms with Gasteiger partial charge in [0.25, 0.3) is 11.6 Å². The minimum absolute atomic E-state index is 0.0841. The van der Waals surface area contributed by atoms with Crippen molar-refractivity contribution < 1.29 is 24.4 Å². The van der Waals surface area contributed by atoms with Crippen LogP contribution in [-0.4, -0.2) is 34.6 Å². The second kappa shape index (κ2) is 6.86. The van der Waals surface area contributed by atoms with Gasteiger partial charge in [0.15, 0.2) is 0 Å². The number of amides is 1. The number of benzene rings is 1. The van der Waals surface area contributed by atoms with Gasteiger partial charge in [0, 0.05) is 11.6 Å². The first-order chi connectivity index (χ1) is 11.3. The van der Waals surface area contributed by atoms with Crippen LogP contribution >= 0.6 is 0 Å². The van der Waals surface area contributed by atoms with Crippen LogP contribution in [-0.2, 0) is 4.79 Å². The molecule has 2 N–H and O–H groups in total. The van der Waals surface area contributed by atoms with E-state index in [1.54, 1.807) is 6.92 Å². The van der Waals surface area contributed by atoms with Gasteiger partial charge >= 0.3 is 5.97 Å². The lowest BCUT2D eigenvalue weighted by Gasteiger charge is -2.28. The van der Waals surface area contributed by atoms with Crippen LogP contribution in [0.2, 0.25) is 0 Å². The maximum Gasteiger partial charge on any atom is 0.305 e. The normalized spacial score (nSPS) is 15.8. The highest BCUT2D eigenvalue weighted by molar-refractivity contribution is 5.96. The van der Waals surface area contributed by atoms with Gasteiger partial charge in [-0.25, -0.2) is 0 Å². The summed E-state index contributed by atoms with van der Waals surface area (Å²) >= 11 is 0. The lowest BCUT2D eigenvalue weighted by atomic mass is 9.92. The van der Waals surface area contributed by atoms with Crippen molar-refractivity contribution in [2.75, 3.05) is 7.11 Å². The molecule has 130 valence electrons. The fraction of sp³-hybridized carbons (Fsp3) is 0.500. The van der Waals surface area contributed by atoms with Crippen LogP contribution in [0.3, 0.4) is 0 Å². The first-order valence-electron chi connectivity index (χ1n) is 7.65. The van der Waals surface area contributed by atoms with Crippen LogP contribution in [0.5, 0.6) is 5.75 Å². The minimum Gasteiger partial charge on any atom is -0.496 e. The predicted octanol–water partition coefficient (Wildman–Crippen LogP) is 2.43. The van der Waals surface area contributed by atoms with E-state index in [2.05, 4.69) is 5.32 Å². The Morgan fingerprint density at radius 3 is 2.50 bits per heavy atom. The summed E-state index contributed by atoms with van der Waals surface area (Å²) in [6, 6.07) is 2.62. The van der Waals surface area contributed by atoms with Crippen LogP contribution in [0.1, 0.15) is 48.0 Å². The molecule has 2 rings (SSSR count). The van der Waals surface area contributed by atoms with Gasteiger partial charge in [-0.05, 0) is 25.8 Å². The zero-order chi connectivity index (χ0) is 17.9. The number of carbonyl (C=O) groups excluding carboxylic acids is 1. The van der Waals surface area contributed by atoms with Crippen molar-refractivity contribution in [3.8, 4) is 5.75 Å². The molecule has 1 fully saturated rings. The Hall–Kier alpha value is -2.64. The molecular weight excluding hydrogens is 316 g/mol. The van der Waals surface area contributed by atoms with Gasteiger partial charge < -0.3 is 15.2 Å². The summed E-state index contributed by atoms with van der Waals surface area (Å²) in [6.45, 7) is 1.54. The highest BCUT2D eigenvalue weighted by Gasteiger charge is 2.38. The molecule has 1 saturated carbocycles. The maximum atomic E-state index is 12.6. The molecule has 0 heterocycles. The Bertz CT molecular complexity index is 679. The third kappa shape index (κ3) is 3.64. The quantitative estimate of drug-likeness (QED) is 0.608. The molecular formula is C16H20N2O6. The molecule has 0 aliphatic heterocycles. The summed E-state index contributed by atoms with van der Waals surface area (Å²) in [5.41, 5.74) is -0.588. The number of carboxylic acids is 1. The molecule has 0 saturated heterocycles. The monoisotopic (exact) mass is 336 g/mol. The van der Waals surface area contributed by atoms with Crippen molar-refractivity contribution in [3.05, 3.63) is 33.4 Å². The molecule has 0 radical (unpaired) electrons. The maximum absolute atomic E-state index is 12.6. The number of hydrogen-bond donors (Lipinski definition) is 2. The molecule has 1 amide bonds. The summed E-state index contributed by atoms with van der Waals surface area (Å²) in [6.07, 6.45) is 2.67. The van der Waals surface area contributed by atoms with E-state index >= 15 is 0 Å². The zero-order valence-electron chi connectivity index (χ0n) is 13.6. The van der Waals surface area contributed by atoms with Gasteiger partial charge in [-0.15, -0.1) is 0 Å². The molecule has 1 aliphatic rings. The molecule has 24 heavy (non-hydrogen) atoms. The smallest absolute Gasteiger partial charge is 0.305 e. The van der Waals surface area contributed by atoms with E-state index in [-0.39, 0.29) is 23.4 Å². The average Bonchev–Trinajstić information content (AvgIpc) is 2.94. The van der Waals surface area contributed by atoms with Crippen molar-refractivity contribution in [2.45, 2.75) is 44.6 Å². The zero-order valence-corrected chi connectivity index (χ0v) is 13.6. The molecule has 8 nitrogen and oxygen atoms in total. The number of hydrogen-bond acceptors (Lipinski definition) is 5. The van der Waals surface area contributed by atoms with Crippen molar-refractivity contribution >= 4 is 17.6 Å². The third-order valence-electron chi connectivity index (χ3n) is 4.44. The van der Waals surface area contributed by atoms with E-state index in [0.717, 1.165) is 12.8 Å². The highest BCUT2D eigenvalue weighted by atomic mass is 16.6. The number of carbonyl (C=O) groups is 2. The number of nitro benzene ring substituents is 1. The lowest BCUT2D eigenvalue weighted by Crippen LogP contribution is -2.47. The Labute approximate surface area is 139 Å². The summed E-state index contributed by atoms with van der Waals surface area (Å²) in [5, 5.41) is 23.0. The van der Waals surface area contributed by atoms with E-state index in [1.165, 1.54) is 19.2 Å². The number of aliphatic carboxylic acids is 1. The first kappa shape index (κ1) is 17.7. The molecule has 0 spiro atoms. The van der Waals surface area contributed by atoms with Gasteiger partial charge in [-0.3, -0.25) is 19.7 Å². The number of carboxylic acid groups (broad SMARTS) is 1. The van der Waals surface area contributed by atoms with E-state index in [0.29, 0.717) is 18.4 Å². The predicted molar refractivity (Wildman–Crippen MR) is 85.3 cm³/mol. The summed E-state index contributed by atoms with van der Waals surface area (Å²) in [5.74, 6) is -1.27. The number of nitro groups is 1. The minimum atomic E-state index is -0.982. The molecule has 0 unspecified atom stereocenters. The number of nitrogens with zero attached hydrogens (tertiary/aromatic N) is 1. The number of methoxy groups -OCH3 is 1. The Morgan fingerprint density at radius 1 is 1.38 bits per heavy atom. The van der Waals surface area contributed by atoms with Crippen LogP contribution in [0, 0.1) is 17.0 Å². The molecule has 0 atom stereocenters. The van der Waals surface area contributed by atoms with Crippen molar-refractivity contribution in [1.82, 2.24) is 5.32 Å². The van der Waals surface area contributed by atoms with Crippen LogP contribution in [0.4, 0.5) is 5.69 Å². The van der Waals surface area contributed by atoms with Crippen LogP contribution in [0.15, 0.2) is 12.1 Å². The van der Waals surface area contributed by atoms with Gasteiger partial charge in [0.1, 0.15) is 5.75 Å². The molecule has 0 bridgehead atoms. The summed E-state index contributed by atoms with van der Waals surface area (Å²) < 4.78 is 5.11. The Morgan fingerprint density at radius 2 is 2.00 bits per heavy atom. The van der Waals surface area contributed by atoms with Gasteiger partial charge in [0.05, 0.1) is 29.6 Å². The number of nitrogens with one attached hydrogen (secondary N) is 1. The van der Waals surface area contributed by atoms with Crippen molar-refractivity contribution in [3.63, 3.8) is 0 Å². The SMILES string of the molecule is COc1cc(C(=O)NC2(CC(=O)O)CCCC2)cc([N+](=O)[O-])c1C. The molecule has 1 aromatic rings. The molecule has 1 aromatic carbocycles. The van der Waals surface area contributed by atoms with E-state index in [1.807, 2.05) is 0 Å². The van der Waals surface area contributed by atoms with Gasteiger partial charge in [-0.1, -0.05) is 12.8 Å². The standard InChI is InChI=1S/C16H20N2O6/c1-10-12(18(22)23)7-11(8-13(10)24-2)15(21)17-16(9-14(19)20)5-3-4-6-16/h7-8H,3-6,9H2,1-2H3,(H,17,21)(H,19,20). The highest BCUT2D eigenvalue weighted by Crippen LogP contribution is 2.34. The fourth-order valence-electron chi connectivity index (χ4n) is 3.21. The number of rotatable bonds is 6. The second-order valence-electron chi connectivity index (χ2n) is 6.09. The summed E-state index contributed by atoms with van der Waals surface area (Å²) in [7, 11) is 1.37. The van der Waals surface area contributed by atoms with Crippen molar-refractivity contribution in [2.24, 2.45) is 0 Å². The molecule has 0 aromatic heterocycles. The first-order valence-corrected chi connectivity index (χ1v) is 7.65. The number of ether oxygens (including phenoxy) is 1. The largest absolute Gasteiger partial charge is 0.496 e. The van der Waals surface area contributed by atoms with Gasteiger partial charge in [0.2, 0.25) is 0 Å². The average molecular weight is 336 g/mol. The van der Waals surface area contributed by atoms with E-state index in [4.69, 9.17) is 9.84 Å². The fourth-order valence-corrected chi connectivity index (χ4v) is 3.21. The Kier molecular flexibility index (Phi) is 5.06. The molecule has 8 heteroatoms. The van der Waals surface area contributed by atoms with Gasteiger partial charge in [-0.2, -0.15) is 0 Å². The molecule has 1 aliphatic carbocycles. The third-order valence-corrected chi connectivity index (χ3v) is 4.44. The van der Waals surface area contributed by atoms with E-state index in [9.17, 15) is 19.7 Å². The van der Waals surface area contributed by atoms with Crippen LogP contribution in [0.25, 0.3) is 0 Å². The Balaban J connectivity index is 2.33.